The molecule has 0 amide bonds. The monoisotopic (exact) mass is 389 g/mol. The first kappa shape index (κ1) is 56.3. The molecule has 10 N–H and O–H groups in total. The van der Waals surface area contributed by atoms with Crippen LogP contribution >= 0.6 is 0 Å². The zero-order valence-corrected chi connectivity index (χ0v) is 21.5. The zero-order chi connectivity index (χ0) is 17.7. The second-order valence-electron chi connectivity index (χ2n) is 2.65. The maximum atomic E-state index is 9.00. The molecule has 1 radical (unpaired) electrons. The third-order valence-corrected chi connectivity index (χ3v) is 0.167. The first-order valence-corrected chi connectivity index (χ1v) is 5.03. The number of hydrogen-bond donors (Lipinski definition) is 6. The molecule has 0 atom stereocenters. The van der Waals surface area contributed by atoms with E-state index in [-0.39, 0.29) is 97.0 Å². The minimum Gasteiger partial charge on any atom is -1.00 e. The van der Waals surface area contributed by atoms with E-state index in [4.69, 9.17) is 51.1 Å². The van der Waals surface area contributed by atoms with Gasteiger partial charge in [0.15, 0.2) is 0 Å². The molecule has 0 saturated carbocycles. The van der Waals surface area contributed by atoms with Crippen molar-refractivity contribution in [3.63, 3.8) is 0 Å². The van der Waals surface area contributed by atoms with Gasteiger partial charge in [0.05, 0.1) is 0 Å². The first-order valence-electron chi connectivity index (χ1n) is 5.03. The van der Waals surface area contributed by atoms with Crippen molar-refractivity contribution in [2.45, 2.75) is 27.7 Å². The Morgan fingerprint density at radius 1 is 0.667 bits per heavy atom. The third kappa shape index (κ3) is 3480. The quantitative estimate of drug-likeness (QED) is 0.232. The van der Waals surface area contributed by atoms with Crippen LogP contribution in [0.3, 0.4) is 0 Å². The Bertz CT molecular complexity index is 214. The van der Waals surface area contributed by atoms with Crippen LogP contribution in [0.5, 0.6) is 0 Å². The first-order chi connectivity index (χ1) is 8.84. The number of hydrogen-bond acceptors (Lipinski definition) is 6. The van der Waals surface area contributed by atoms with E-state index >= 15 is 0 Å². The van der Waals surface area contributed by atoms with Gasteiger partial charge in [0.25, 0.3) is 23.9 Å². The fourth-order valence-corrected chi connectivity index (χ4v) is 0. The van der Waals surface area contributed by atoms with Crippen LogP contribution in [0, 0.1) is 0 Å². The molecule has 24 heavy (non-hydrogen) atoms. The summed E-state index contributed by atoms with van der Waals surface area (Å²) in [6, 6.07) is 0. The smallest absolute Gasteiger partial charge is 1.00 e. The molecule has 11 nitrogen and oxygen atoms in total. The van der Waals surface area contributed by atoms with Crippen LogP contribution < -0.4 is 70.6 Å². The zero-order valence-electron chi connectivity index (χ0n) is 17.5. The van der Waals surface area contributed by atoms with E-state index in [0.29, 0.717) is 13.1 Å². The van der Waals surface area contributed by atoms with Crippen LogP contribution in [0.1, 0.15) is 30.5 Å². The SMILES string of the molecule is CC(=O)O.CC(=O)O.CC(=O)O.CC(=O)O.NCCN.O.[H-].[H-].[Na+].[Na+].[Na]. The minimum atomic E-state index is -0.833. The predicted molar refractivity (Wildman–Crippen MR) is 82.9 cm³/mol. The Kier molecular flexibility index (Phi) is 132. The number of carbonyl (C=O) groups is 4. The Morgan fingerprint density at radius 2 is 0.708 bits per heavy atom. The van der Waals surface area contributed by atoms with Crippen LogP contribution in [0.15, 0.2) is 0 Å². The topological polar surface area (TPSA) is 233 Å². The van der Waals surface area contributed by atoms with Crippen molar-refractivity contribution in [2.75, 3.05) is 13.1 Å². The van der Waals surface area contributed by atoms with Gasteiger partial charge in [0.2, 0.25) is 0 Å². The van der Waals surface area contributed by atoms with Gasteiger partial charge in [-0.1, -0.05) is 0 Å². The molecule has 0 saturated heterocycles. The maximum absolute atomic E-state index is 9.00. The maximum Gasteiger partial charge on any atom is 1.00 e. The summed E-state index contributed by atoms with van der Waals surface area (Å²) in [7, 11) is 0. The van der Waals surface area contributed by atoms with E-state index in [1.807, 2.05) is 0 Å². The van der Waals surface area contributed by atoms with E-state index in [9.17, 15) is 0 Å². The number of nitrogens with two attached hydrogens (primary N) is 2. The average molecular weight is 389 g/mol. The molecule has 0 aliphatic heterocycles. The number of carboxylic acid groups (broad SMARTS) is 4. The van der Waals surface area contributed by atoms with Crippen molar-refractivity contribution in [3.8, 4) is 0 Å². The van der Waals surface area contributed by atoms with Gasteiger partial charge in [0.1, 0.15) is 0 Å². The number of carboxylic acids is 4. The molecule has 135 valence electrons. The van der Waals surface area contributed by atoms with Crippen molar-refractivity contribution in [2.24, 2.45) is 11.5 Å². The summed E-state index contributed by atoms with van der Waals surface area (Å²) in [5.41, 5.74) is 9.81. The van der Waals surface area contributed by atoms with Crippen molar-refractivity contribution < 1.29 is 107 Å². The van der Waals surface area contributed by atoms with E-state index < -0.39 is 23.9 Å². The van der Waals surface area contributed by atoms with Crippen LogP contribution in [-0.4, -0.2) is 92.4 Å². The molecule has 0 aromatic rings. The van der Waals surface area contributed by atoms with Crippen molar-refractivity contribution in [1.82, 2.24) is 0 Å². The second-order valence-corrected chi connectivity index (χ2v) is 2.65. The van der Waals surface area contributed by atoms with Crippen LogP contribution in [-0.2, 0) is 19.2 Å². The summed E-state index contributed by atoms with van der Waals surface area (Å²) in [4.78, 5) is 36.0. The Balaban J connectivity index is -0.0000000114. The van der Waals surface area contributed by atoms with E-state index in [0.717, 1.165) is 27.7 Å². The Hall–Kier alpha value is 0.760. The van der Waals surface area contributed by atoms with Gasteiger partial charge in [-0.05, 0) is 0 Å². The van der Waals surface area contributed by atoms with Gasteiger partial charge in [-0.2, -0.15) is 0 Å². The van der Waals surface area contributed by atoms with Crippen molar-refractivity contribution in [1.29, 1.82) is 0 Å². The molecule has 0 heterocycles. The van der Waals surface area contributed by atoms with Gasteiger partial charge in [-0.15, -0.1) is 0 Å². The molecule has 0 aromatic carbocycles. The van der Waals surface area contributed by atoms with Crippen molar-refractivity contribution >= 4 is 53.4 Å². The molecule has 0 aliphatic carbocycles. The fraction of sp³-hybridized carbons (Fsp3) is 0.600. The Labute approximate surface area is 210 Å². The molecular formula is C10H28N2Na3O9. The summed E-state index contributed by atoms with van der Waals surface area (Å²) in [6.45, 7) is 5.53. The van der Waals surface area contributed by atoms with Gasteiger partial charge in [0, 0.05) is 70.3 Å². The number of aliphatic carboxylic acids is 4. The van der Waals surface area contributed by atoms with Gasteiger partial charge in [-0.3, -0.25) is 19.2 Å². The fourth-order valence-electron chi connectivity index (χ4n) is 0. The molecule has 0 aromatic heterocycles. The molecule has 0 unspecified atom stereocenters. The molecule has 14 heteroatoms. The van der Waals surface area contributed by atoms with E-state index in [2.05, 4.69) is 0 Å². The molecule has 0 spiro atoms. The van der Waals surface area contributed by atoms with Gasteiger partial charge in [-0.25, -0.2) is 0 Å². The summed E-state index contributed by atoms with van der Waals surface area (Å²) in [5.74, 6) is -3.33. The summed E-state index contributed by atoms with van der Waals surface area (Å²) < 4.78 is 0. The third-order valence-electron chi connectivity index (χ3n) is 0.167. The van der Waals surface area contributed by atoms with Crippen LogP contribution in [0.2, 0.25) is 0 Å². The van der Waals surface area contributed by atoms with E-state index in [1.165, 1.54) is 0 Å². The number of rotatable bonds is 1. The van der Waals surface area contributed by atoms with Crippen LogP contribution in [0.4, 0.5) is 0 Å². The van der Waals surface area contributed by atoms with E-state index in [1.54, 1.807) is 0 Å². The largest absolute Gasteiger partial charge is 1.00 e. The molecule has 0 fully saturated rings. The minimum absolute atomic E-state index is 0. The normalized spacial score (nSPS) is 5.42. The summed E-state index contributed by atoms with van der Waals surface area (Å²) >= 11 is 0. The van der Waals surface area contributed by atoms with Crippen molar-refractivity contribution in [3.05, 3.63) is 0 Å². The van der Waals surface area contributed by atoms with Gasteiger partial charge < -0.3 is 40.2 Å². The summed E-state index contributed by atoms with van der Waals surface area (Å²) in [5, 5.41) is 29.7. The Morgan fingerprint density at radius 3 is 0.708 bits per heavy atom. The predicted octanol–water partition coefficient (Wildman–Crippen LogP) is -7.71. The van der Waals surface area contributed by atoms with Gasteiger partial charge >= 0.3 is 59.1 Å². The average Bonchev–Trinajstić information content (AvgIpc) is 2.13. The van der Waals surface area contributed by atoms with Crippen LogP contribution in [0.25, 0.3) is 0 Å². The molecule has 0 rings (SSSR count). The standard InChI is InChI=1S/C2H8N2.4C2H4O2.3Na.H2O.2H/c3-1-2-4;4*1-2(3)4;;;;;;/h1-4H2;4*1H3,(H,3,4);;;;1H2;;/q;;;;;;2*+1;;2*-1. The molecule has 0 aliphatic rings. The molecular weight excluding hydrogens is 361 g/mol. The molecule has 0 bridgehead atoms. The summed E-state index contributed by atoms with van der Waals surface area (Å²) in [6.07, 6.45) is 0. The second kappa shape index (κ2) is 56.5.